The van der Waals surface area contributed by atoms with Crippen molar-refractivity contribution < 1.29 is 14.7 Å². The SMILES string of the molecule is O=C(O)C1CCN(C(=O)Cc2cnn(-c3ccccc3)c2)CC1. The molecule has 1 aliphatic heterocycles. The summed E-state index contributed by atoms with van der Waals surface area (Å²) < 4.78 is 1.75. The Morgan fingerprint density at radius 1 is 1.17 bits per heavy atom. The standard InChI is InChI=1S/C17H19N3O3/c21-16(19-8-6-14(7-9-19)17(22)23)10-13-11-18-20(12-13)15-4-2-1-3-5-15/h1-5,11-12,14H,6-10H2,(H,22,23). The smallest absolute Gasteiger partial charge is 0.306 e. The molecule has 1 aromatic carbocycles. The average Bonchev–Trinajstić information content (AvgIpc) is 3.04. The fraction of sp³-hybridized carbons (Fsp3) is 0.353. The molecule has 0 radical (unpaired) electrons. The van der Waals surface area contributed by atoms with E-state index in [4.69, 9.17) is 5.11 Å². The Bertz CT molecular complexity index is 688. The molecule has 1 fully saturated rings. The highest BCUT2D eigenvalue weighted by Crippen LogP contribution is 2.18. The summed E-state index contributed by atoms with van der Waals surface area (Å²) in [6, 6.07) is 9.73. The zero-order chi connectivity index (χ0) is 16.2. The monoisotopic (exact) mass is 313 g/mol. The van der Waals surface area contributed by atoms with Gasteiger partial charge in [0.15, 0.2) is 0 Å². The van der Waals surface area contributed by atoms with Gasteiger partial charge in [-0.25, -0.2) is 4.68 Å². The van der Waals surface area contributed by atoms with Gasteiger partial charge in [0.1, 0.15) is 0 Å². The highest BCUT2D eigenvalue weighted by molar-refractivity contribution is 5.79. The van der Waals surface area contributed by atoms with Crippen LogP contribution in [0, 0.1) is 5.92 Å². The number of aromatic nitrogens is 2. The average molecular weight is 313 g/mol. The topological polar surface area (TPSA) is 75.4 Å². The van der Waals surface area contributed by atoms with Gasteiger partial charge in [0, 0.05) is 19.3 Å². The van der Waals surface area contributed by atoms with Crippen molar-refractivity contribution in [2.45, 2.75) is 19.3 Å². The van der Waals surface area contributed by atoms with E-state index in [2.05, 4.69) is 5.10 Å². The van der Waals surface area contributed by atoms with Crippen LogP contribution in [-0.2, 0) is 16.0 Å². The van der Waals surface area contributed by atoms with Crippen molar-refractivity contribution in [2.75, 3.05) is 13.1 Å². The van der Waals surface area contributed by atoms with Crippen LogP contribution in [0.2, 0.25) is 0 Å². The maximum Gasteiger partial charge on any atom is 0.306 e. The molecule has 0 unspecified atom stereocenters. The number of piperidine rings is 1. The van der Waals surface area contributed by atoms with E-state index in [0.717, 1.165) is 11.3 Å². The van der Waals surface area contributed by atoms with Crippen molar-refractivity contribution in [3.63, 3.8) is 0 Å². The number of carboxylic acid groups (broad SMARTS) is 1. The number of aliphatic carboxylic acids is 1. The van der Waals surface area contributed by atoms with Crippen LogP contribution in [0.15, 0.2) is 42.7 Å². The lowest BCUT2D eigenvalue weighted by Gasteiger charge is -2.30. The number of carbonyl (C=O) groups is 2. The first-order valence-electron chi connectivity index (χ1n) is 7.73. The zero-order valence-corrected chi connectivity index (χ0v) is 12.8. The van der Waals surface area contributed by atoms with Crippen molar-refractivity contribution in [1.29, 1.82) is 0 Å². The van der Waals surface area contributed by atoms with E-state index in [1.54, 1.807) is 15.8 Å². The second kappa shape index (κ2) is 6.64. The number of hydrogen-bond donors (Lipinski definition) is 1. The molecule has 1 amide bonds. The van der Waals surface area contributed by atoms with Gasteiger partial charge in [-0.2, -0.15) is 5.10 Å². The molecule has 3 rings (SSSR count). The second-order valence-corrected chi connectivity index (χ2v) is 5.80. The first kappa shape index (κ1) is 15.3. The molecule has 2 aromatic rings. The largest absolute Gasteiger partial charge is 0.481 e. The summed E-state index contributed by atoms with van der Waals surface area (Å²) in [6.07, 6.45) is 4.92. The quantitative estimate of drug-likeness (QED) is 0.933. The Morgan fingerprint density at radius 3 is 2.52 bits per heavy atom. The molecular weight excluding hydrogens is 294 g/mol. The Hall–Kier alpha value is -2.63. The normalized spacial score (nSPS) is 15.6. The number of hydrogen-bond acceptors (Lipinski definition) is 3. The third kappa shape index (κ3) is 3.59. The lowest BCUT2D eigenvalue weighted by Crippen LogP contribution is -2.40. The molecule has 1 N–H and O–H groups in total. The van der Waals surface area contributed by atoms with Gasteiger partial charge in [-0.05, 0) is 30.5 Å². The Morgan fingerprint density at radius 2 is 1.87 bits per heavy atom. The van der Waals surface area contributed by atoms with E-state index in [9.17, 15) is 9.59 Å². The van der Waals surface area contributed by atoms with Crippen molar-refractivity contribution >= 4 is 11.9 Å². The predicted molar refractivity (Wildman–Crippen MR) is 84.2 cm³/mol. The number of carboxylic acids is 1. The molecule has 0 spiro atoms. The van der Waals surface area contributed by atoms with Crippen molar-refractivity contribution in [1.82, 2.24) is 14.7 Å². The third-order valence-corrected chi connectivity index (χ3v) is 4.21. The van der Waals surface area contributed by atoms with Gasteiger partial charge in [0.05, 0.1) is 24.2 Å². The van der Waals surface area contributed by atoms with Crippen LogP contribution in [0.4, 0.5) is 0 Å². The molecule has 6 nitrogen and oxygen atoms in total. The van der Waals surface area contributed by atoms with Crippen molar-refractivity contribution in [3.8, 4) is 5.69 Å². The maximum absolute atomic E-state index is 12.3. The molecule has 0 saturated carbocycles. The summed E-state index contributed by atoms with van der Waals surface area (Å²) in [5.41, 5.74) is 1.81. The van der Waals surface area contributed by atoms with Gasteiger partial charge in [0.25, 0.3) is 0 Å². The first-order chi connectivity index (χ1) is 11.1. The summed E-state index contributed by atoms with van der Waals surface area (Å²) in [6.45, 7) is 1.03. The van der Waals surface area contributed by atoms with E-state index in [-0.39, 0.29) is 11.8 Å². The van der Waals surface area contributed by atoms with E-state index in [1.165, 1.54) is 0 Å². The van der Waals surface area contributed by atoms with Crippen LogP contribution in [-0.4, -0.2) is 44.8 Å². The minimum absolute atomic E-state index is 0.0291. The van der Waals surface area contributed by atoms with Gasteiger partial charge >= 0.3 is 5.97 Å². The molecule has 6 heteroatoms. The number of amides is 1. The maximum atomic E-state index is 12.3. The fourth-order valence-electron chi connectivity index (χ4n) is 2.84. The predicted octanol–water partition coefficient (Wildman–Crippen LogP) is 1.74. The number of rotatable bonds is 4. The highest BCUT2D eigenvalue weighted by atomic mass is 16.4. The van der Waals surface area contributed by atoms with E-state index in [0.29, 0.717) is 32.4 Å². The summed E-state index contributed by atoms with van der Waals surface area (Å²) in [5, 5.41) is 13.3. The van der Waals surface area contributed by atoms with Gasteiger partial charge in [0.2, 0.25) is 5.91 Å². The summed E-state index contributed by atoms with van der Waals surface area (Å²) in [4.78, 5) is 25.0. The summed E-state index contributed by atoms with van der Waals surface area (Å²) in [7, 11) is 0. The third-order valence-electron chi connectivity index (χ3n) is 4.21. The van der Waals surface area contributed by atoms with Crippen molar-refractivity contribution in [3.05, 3.63) is 48.3 Å². The molecule has 120 valence electrons. The Labute approximate surface area is 134 Å². The van der Waals surface area contributed by atoms with Gasteiger partial charge in [-0.3, -0.25) is 9.59 Å². The Balaban J connectivity index is 1.59. The van der Waals surface area contributed by atoms with Crippen LogP contribution in [0.1, 0.15) is 18.4 Å². The minimum Gasteiger partial charge on any atom is -0.481 e. The second-order valence-electron chi connectivity index (χ2n) is 5.80. The van der Waals surface area contributed by atoms with Gasteiger partial charge in [-0.15, -0.1) is 0 Å². The lowest BCUT2D eigenvalue weighted by atomic mass is 9.97. The molecular formula is C17H19N3O3. The van der Waals surface area contributed by atoms with Crippen molar-refractivity contribution in [2.24, 2.45) is 5.92 Å². The van der Waals surface area contributed by atoms with E-state index >= 15 is 0 Å². The van der Waals surface area contributed by atoms with E-state index < -0.39 is 5.97 Å². The summed E-state index contributed by atoms with van der Waals surface area (Å²) >= 11 is 0. The first-order valence-corrected chi connectivity index (χ1v) is 7.73. The van der Waals surface area contributed by atoms with Crippen LogP contribution in [0.25, 0.3) is 5.69 Å². The fourth-order valence-corrected chi connectivity index (χ4v) is 2.84. The minimum atomic E-state index is -0.763. The molecule has 0 atom stereocenters. The molecule has 1 aliphatic rings. The zero-order valence-electron chi connectivity index (χ0n) is 12.8. The Kier molecular flexibility index (Phi) is 4.41. The van der Waals surface area contributed by atoms with Gasteiger partial charge < -0.3 is 10.0 Å². The van der Waals surface area contributed by atoms with Crippen LogP contribution in [0.5, 0.6) is 0 Å². The van der Waals surface area contributed by atoms with Crippen LogP contribution in [0.3, 0.4) is 0 Å². The number of benzene rings is 1. The van der Waals surface area contributed by atoms with E-state index in [1.807, 2.05) is 36.5 Å². The molecule has 1 saturated heterocycles. The lowest BCUT2D eigenvalue weighted by molar-refractivity contribution is -0.145. The number of likely N-dealkylation sites (tertiary alicyclic amines) is 1. The molecule has 0 aliphatic carbocycles. The van der Waals surface area contributed by atoms with Crippen LogP contribution < -0.4 is 0 Å². The number of nitrogens with zero attached hydrogens (tertiary/aromatic N) is 3. The molecule has 1 aromatic heterocycles. The molecule has 23 heavy (non-hydrogen) atoms. The molecule has 0 bridgehead atoms. The summed E-state index contributed by atoms with van der Waals surface area (Å²) in [5.74, 6) is -1.05. The number of para-hydroxylation sites is 1. The number of carbonyl (C=O) groups excluding carboxylic acids is 1. The van der Waals surface area contributed by atoms with Crippen LogP contribution >= 0.6 is 0 Å². The molecule has 2 heterocycles. The van der Waals surface area contributed by atoms with Gasteiger partial charge in [-0.1, -0.05) is 18.2 Å². The highest BCUT2D eigenvalue weighted by Gasteiger charge is 2.27.